The molecule has 0 heterocycles. The summed E-state index contributed by atoms with van der Waals surface area (Å²) in [6, 6.07) is 12.1. The minimum Gasteiger partial charge on any atom is -0.507 e. The zero-order chi connectivity index (χ0) is 14.5. The molecule has 2 rings (SSSR count). The predicted octanol–water partition coefficient (Wildman–Crippen LogP) is 3.65. The Morgan fingerprint density at radius 3 is 2.80 bits per heavy atom. The molecule has 20 heavy (non-hydrogen) atoms. The summed E-state index contributed by atoms with van der Waals surface area (Å²) < 4.78 is 6.33. The minimum absolute atomic E-state index is 0.0446. The summed E-state index contributed by atoms with van der Waals surface area (Å²) in [7, 11) is 0. The van der Waals surface area contributed by atoms with E-state index in [-0.39, 0.29) is 17.2 Å². The SMILES string of the molecule is CCOc1ccccc1NC(=O)c1cc(I)ccc1O. The largest absolute Gasteiger partial charge is 0.507 e. The van der Waals surface area contributed by atoms with Crippen LogP contribution in [0.3, 0.4) is 0 Å². The van der Waals surface area contributed by atoms with Gasteiger partial charge < -0.3 is 15.2 Å². The molecule has 1 amide bonds. The van der Waals surface area contributed by atoms with Crippen molar-refractivity contribution in [1.29, 1.82) is 0 Å². The number of amides is 1. The van der Waals surface area contributed by atoms with E-state index in [4.69, 9.17) is 4.74 Å². The molecule has 0 unspecified atom stereocenters. The topological polar surface area (TPSA) is 58.6 Å². The smallest absolute Gasteiger partial charge is 0.259 e. The fraction of sp³-hybridized carbons (Fsp3) is 0.133. The molecule has 0 bridgehead atoms. The Kier molecular flexibility index (Phi) is 4.84. The molecular weight excluding hydrogens is 369 g/mol. The van der Waals surface area contributed by atoms with E-state index in [1.54, 1.807) is 24.3 Å². The molecule has 0 aliphatic heterocycles. The summed E-state index contributed by atoms with van der Waals surface area (Å²) in [5.74, 6) is 0.193. The van der Waals surface area contributed by atoms with Crippen molar-refractivity contribution in [1.82, 2.24) is 0 Å². The van der Waals surface area contributed by atoms with Gasteiger partial charge in [-0.05, 0) is 59.8 Å². The number of benzene rings is 2. The number of halogens is 1. The molecule has 0 saturated carbocycles. The van der Waals surface area contributed by atoms with Crippen LogP contribution in [0, 0.1) is 3.57 Å². The summed E-state index contributed by atoms with van der Waals surface area (Å²) in [6.45, 7) is 2.39. The van der Waals surface area contributed by atoms with Crippen LogP contribution in [0.1, 0.15) is 17.3 Å². The molecule has 0 spiro atoms. The standard InChI is InChI=1S/C15H14INO3/c1-2-20-14-6-4-3-5-12(14)17-15(19)11-9-10(16)7-8-13(11)18/h3-9,18H,2H2,1H3,(H,17,19). The van der Waals surface area contributed by atoms with Crippen LogP contribution in [-0.2, 0) is 0 Å². The van der Waals surface area contributed by atoms with Crippen LogP contribution in [-0.4, -0.2) is 17.6 Å². The first-order valence-corrected chi connectivity index (χ1v) is 7.21. The number of para-hydroxylation sites is 2. The Labute approximate surface area is 130 Å². The molecule has 2 N–H and O–H groups in total. The summed E-state index contributed by atoms with van der Waals surface area (Å²) in [5.41, 5.74) is 0.820. The van der Waals surface area contributed by atoms with Gasteiger partial charge in [0.1, 0.15) is 11.5 Å². The van der Waals surface area contributed by atoms with E-state index in [2.05, 4.69) is 27.9 Å². The van der Waals surface area contributed by atoms with E-state index in [0.29, 0.717) is 18.0 Å². The van der Waals surface area contributed by atoms with Crippen molar-refractivity contribution in [2.45, 2.75) is 6.92 Å². The number of hydrogen-bond donors (Lipinski definition) is 2. The van der Waals surface area contributed by atoms with Crippen LogP contribution in [0.25, 0.3) is 0 Å². The van der Waals surface area contributed by atoms with E-state index in [1.165, 1.54) is 6.07 Å². The molecule has 104 valence electrons. The summed E-state index contributed by atoms with van der Waals surface area (Å²) in [5, 5.41) is 12.5. The Morgan fingerprint density at radius 2 is 2.05 bits per heavy atom. The van der Waals surface area contributed by atoms with Crippen LogP contribution >= 0.6 is 22.6 Å². The van der Waals surface area contributed by atoms with Gasteiger partial charge >= 0.3 is 0 Å². The maximum atomic E-state index is 12.2. The van der Waals surface area contributed by atoms with E-state index < -0.39 is 0 Å². The van der Waals surface area contributed by atoms with E-state index in [0.717, 1.165) is 3.57 Å². The van der Waals surface area contributed by atoms with Gasteiger partial charge in [-0.1, -0.05) is 12.1 Å². The maximum absolute atomic E-state index is 12.2. The van der Waals surface area contributed by atoms with Crippen LogP contribution in [0.2, 0.25) is 0 Å². The van der Waals surface area contributed by atoms with Crippen molar-refractivity contribution in [3.05, 3.63) is 51.6 Å². The summed E-state index contributed by atoms with van der Waals surface area (Å²) in [6.07, 6.45) is 0. The molecule has 0 saturated heterocycles. The number of hydrogen-bond acceptors (Lipinski definition) is 3. The number of aromatic hydroxyl groups is 1. The van der Waals surface area contributed by atoms with Crippen molar-refractivity contribution < 1.29 is 14.6 Å². The molecule has 0 aliphatic carbocycles. The quantitative estimate of drug-likeness (QED) is 0.793. The summed E-state index contributed by atoms with van der Waals surface area (Å²) >= 11 is 2.09. The highest BCUT2D eigenvalue weighted by Gasteiger charge is 2.13. The Hall–Kier alpha value is -1.76. The lowest BCUT2D eigenvalue weighted by Gasteiger charge is -2.12. The molecule has 0 aliphatic rings. The second kappa shape index (κ2) is 6.60. The number of carbonyl (C=O) groups excluding carboxylic acids is 1. The Balaban J connectivity index is 2.26. The monoisotopic (exact) mass is 383 g/mol. The second-order valence-electron chi connectivity index (χ2n) is 4.04. The number of ether oxygens (including phenoxy) is 1. The van der Waals surface area contributed by atoms with Gasteiger partial charge in [0.25, 0.3) is 5.91 Å². The molecule has 2 aromatic rings. The average molecular weight is 383 g/mol. The molecule has 4 nitrogen and oxygen atoms in total. The van der Waals surface area contributed by atoms with Crippen LogP contribution in [0.15, 0.2) is 42.5 Å². The fourth-order valence-corrected chi connectivity index (χ4v) is 2.22. The van der Waals surface area contributed by atoms with E-state index in [1.807, 2.05) is 19.1 Å². The molecule has 0 aromatic heterocycles. The normalized spacial score (nSPS) is 10.1. The summed E-state index contributed by atoms with van der Waals surface area (Å²) in [4.78, 5) is 12.2. The minimum atomic E-state index is -0.367. The molecule has 0 radical (unpaired) electrons. The second-order valence-corrected chi connectivity index (χ2v) is 5.29. The van der Waals surface area contributed by atoms with Crippen molar-refractivity contribution >= 4 is 34.2 Å². The van der Waals surface area contributed by atoms with Crippen molar-refractivity contribution in [2.75, 3.05) is 11.9 Å². The van der Waals surface area contributed by atoms with Crippen molar-refractivity contribution in [3.63, 3.8) is 0 Å². The van der Waals surface area contributed by atoms with Gasteiger partial charge in [0.05, 0.1) is 17.9 Å². The van der Waals surface area contributed by atoms with Crippen LogP contribution < -0.4 is 10.1 Å². The first-order valence-electron chi connectivity index (χ1n) is 6.13. The molecule has 2 aromatic carbocycles. The third-order valence-electron chi connectivity index (χ3n) is 2.64. The van der Waals surface area contributed by atoms with E-state index >= 15 is 0 Å². The van der Waals surface area contributed by atoms with Crippen molar-refractivity contribution in [3.8, 4) is 11.5 Å². The first kappa shape index (κ1) is 14.6. The zero-order valence-electron chi connectivity index (χ0n) is 10.9. The molecule has 5 heteroatoms. The number of rotatable bonds is 4. The van der Waals surface area contributed by atoms with Gasteiger partial charge in [-0.15, -0.1) is 0 Å². The molecule has 0 atom stereocenters. The zero-order valence-corrected chi connectivity index (χ0v) is 13.0. The number of nitrogens with one attached hydrogen (secondary N) is 1. The van der Waals surface area contributed by atoms with Crippen LogP contribution in [0.4, 0.5) is 5.69 Å². The highest BCUT2D eigenvalue weighted by molar-refractivity contribution is 14.1. The van der Waals surface area contributed by atoms with Gasteiger partial charge in [-0.2, -0.15) is 0 Å². The first-order chi connectivity index (χ1) is 9.61. The van der Waals surface area contributed by atoms with Gasteiger partial charge in [0, 0.05) is 3.57 Å². The molecular formula is C15H14INO3. The van der Waals surface area contributed by atoms with Gasteiger partial charge in [-0.3, -0.25) is 4.79 Å². The lowest BCUT2D eigenvalue weighted by molar-refractivity contribution is 0.102. The number of phenolic OH excluding ortho intramolecular Hbond substituents is 1. The lowest BCUT2D eigenvalue weighted by Crippen LogP contribution is -2.13. The van der Waals surface area contributed by atoms with Gasteiger partial charge in [0.15, 0.2) is 0 Å². The van der Waals surface area contributed by atoms with E-state index in [9.17, 15) is 9.90 Å². The highest BCUT2D eigenvalue weighted by atomic mass is 127. The lowest BCUT2D eigenvalue weighted by atomic mass is 10.2. The third kappa shape index (κ3) is 3.41. The van der Waals surface area contributed by atoms with Gasteiger partial charge in [-0.25, -0.2) is 0 Å². The van der Waals surface area contributed by atoms with Crippen LogP contribution in [0.5, 0.6) is 11.5 Å². The third-order valence-corrected chi connectivity index (χ3v) is 3.31. The Bertz CT molecular complexity index is 628. The number of carbonyl (C=O) groups is 1. The average Bonchev–Trinajstić information content (AvgIpc) is 2.44. The fourth-order valence-electron chi connectivity index (χ4n) is 1.73. The maximum Gasteiger partial charge on any atom is 0.259 e. The van der Waals surface area contributed by atoms with Crippen molar-refractivity contribution in [2.24, 2.45) is 0 Å². The number of anilines is 1. The van der Waals surface area contributed by atoms with Gasteiger partial charge in [0.2, 0.25) is 0 Å². The predicted molar refractivity (Wildman–Crippen MR) is 86.4 cm³/mol. The molecule has 0 fully saturated rings. The Morgan fingerprint density at radius 1 is 1.30 bits per heavy atom. The highest BCUT2D eigenvalue weighted by Crippen LogP contribution is 2.26. The number of phenols is 1.